The van der Waals surface area contributed by atoms with Crippen LogP contribution in [0.2, 0.25) is 0 Å². The van der Waals surface area contributed by atoms with Crippen molar-refractivity contribution in [3.8, 4) is 0 Å². The fraction of sp³-hybridized carbons (Fsp3) is 0.278. The third kappa shape index (κ3) is 5.94. The van der Waals surface area contributed by atoms with Gasteiger partial charge in [0.1, 0.15) is 17.2 Å². The number of anilines is 2. The highest BCUT2D eigenvalue weighted by Gasteiger charge is 2.21. The summed E-state index contributed by atoms with van der Waals surface area (Å²) in [4.78, 5) is 27.6. The van der Waals surface area contributed by atoms with E-state index in [4.69, 9.17) is 9.74 Å². The van der Waals surface area contributed by atoms with Gasteiger partial charge >= 0.3 is 0 Å². The fourth-order valence-electron chi connectivity index (χ4n) is 2.57. The largest absolute Gasteiger partial charge is 0.394 e. The highest BCUT2D eigenvalue weighted by Crippen LogP contribution is 2.24. The molecule has 1 heterocycles. The number of nitrogens with one attached hydrogen (secondary N) is 3. The maximum Gasteiger partial charge on any atom is 0.253 e. The first-order valence-electron chi connectivity index (χ1n) is 9.35. The molecule has 12 nitrogen and oxygen atoms in total. The molecule has 0 fully saturated rings. The number of hydrogen-bond donors (Lipinski definition) is 6. The van der Waals surface area contributed by atoms with Gasteiger partial charge in [-0.3, -0.25) is 20.3 Å². The van der Waals surface area contributed by atoms with E-state index in [9.17, 15) is 24.3 Å². The molecule has 0 aliphatic heterocycles. The molecule has 0 saturated heterocycles. The van der Waals surface area contributed by atoms with Crippen molar-refractivity contribution in [1.29, 1.82) is 0 Å². The molecule has 0 aliphatic rings. The van der Waals surface area contributed by atoms with E-state index in [1.807, 2.05) is 5.48 Å². The highest BCUT2D eigenvalue weighted by atomic mass is 79.9. The van der Waals surface area contributed by atoms with Gasteiger partial charge in [-0.2, -0.15) is 0 Å². The number of benzene rings is 1. The van der Waals surface area contributed by atoms with E-state index in [-0.39, 0.29) is 45.5 Å². The Morgan fingerprint density at radius 3 is 2.64 bits per heavy atom. The number of rotatable bonds is 11. The Morgan fingerprint density at radius 1 is 1.24 bits per heavy atom. The SMILES string of the molecule is O=c1c(NCCSc2nonc2C(=Nc2ccc(F)c(Br)c2)NO)c(NCC(O)CO)c1=O. The number of hydroxylamine groups is 1. The van der Waals surface area contributed by atoms with Crippen LogP contribution in [0.4, 0.5) is 21.5 Å². The summed E-state index contributed by atoms with van der Waals surface area (Å²) in [5.41, 5.74) is 1.09. The predicted molar refractivity (Wildman–Crippen MR) is 122 cm³/mol. The van der Waals surface area contributed by atoms with Gasteiger partial charge < -0.3 is 20.8 Å². The van der Waals surface area contributed by atoms with E-state index in [2.05, 4.69) is 41.9 Å². The molecule has 1 atom stereocenters. The van der Waals surface area contributed by atoms with Crippen LogP contribution in [0.1, 0.15) is 5.69 Å². The molecule has 1 aromatic heterocycles. The monoisotopic (exact) mass is 544 g/mol. The van der Waals surface area contributed by atoms with Crippen LogP contribution in [0.15, 0.2) is 46.9 Å². The van der Waals surface area contributed by atoms with Gasteiger partial charge in [0.25, 0.3) is 10.9 Å². The van der Waals surface area contributed by atoms with Crippen LogP contribution in [-0.4, -0.2) is 63.1 Å². The van der Waals surface area contributed by atoms with Crippen LogP contribution in [0.25, 0.3) is 0 Å². The lowest BCUT2D eigenvalue weighted by Gasteiger charge is -2.16. The lowest BCUT2D eigenvalue weighted by atomic mass is 10.2. The summed E-state index contributed by atoms with van der Waals surface area (Å²) < 4.78 is 18.3. The molecule has 6 N–H and O–H groups in total. The van der Waals surface area contributed by atoms with Gasteiger partial charge in [-0.05, 0) is 44.4 Å². The van der Waals surface area contributed by atoms with E-state index in [1.165, 1.54) is 30.0 Å². The molecule has 3 rings (SSSR count). The summed E-state index contributed by atoms with van der Waals surface area (Å²) in [7, 11) is 0. The van der Waals surface area contributed by atoms with Gasteiger partial charge in [0.15, 0.2) is 16.6 Å². The average Bonchev–Trinajstić information content (AvgIpc) is 3.28. The molecule has 0 radical (unpaired) electrons. The van der Waals surface area contributed by atoms with E-state index in [0.717, 1.165) is 0 Å². The molecule has 0 amide bonds. The Hall–Kier alpha value is -2.85. The Kier molecular flexibility index (Phi) is 8.51. The smallest absolute Gasteiger partial charge is 0.253 e. The number of thioether (sulfide) groups is 1. The summed E-state index contributed by atoms with van der Waals surface area (Å²) in [5.74, 6) is -0.190. The second-order valence-corrected chi connectivity index (χ2v) is 8.43. The topological polar surface area (TPSA) is 182 Å². The molecule has 0 aliphatic carbocycles. The highest BCUT2D eigenvalue weighted by molar-refractivity contribution is 9.10. The number of aliphatic hydroxyl groups is 2. The van der Waals surface area contributed by atoms with Crippen LogP contribution >= 0.6 is 27.7 Å². The first-order valence-corrected chi connectivity index (χ1v) is 11.1. The number of halogens is 2. The standard InChI is InChI=1S/C18H18BrFN6O6S/c19-10-5-8(1-2-11(10)20)23-17(24-31)14-18(26-32-25-14)33-4-3-21-12-13(16(30)15(12)29)22-6-9(28)7-27/h1-2,5,9,21-22,27-28,31H,3-4,6-7H2,(H,23,24). The summed E-state index contributed by atoms with van der Waals surface area (Å²) in [6.45, 7) is -0.315. The zero-order chi connectivity index (χ0) is 24.0. The van der Waals surface area contributed by atoms with Crippen LogP contribution in [-0.2, 0) is 0 Å². The number of hydrogen-bond acceptors (Lipinski definition) is 12. The van der Waals surface area contributed by atoms with Crippen molar-refractivity contribution in [2.45, 2.75) is 11.1 Å². The van der Waals surface area contributed by atoms with Crippen LogP contribution < -0.4 is 27.0 Å². The molecule has 2 aromatic carbocycles. The summed E-state index contributed by atoms with van der Waals surface area (Å²) in [6, 6.07) is 4.01. The minimum absolute atomic E-state index is 0.0469. The van der Waals surface area contributed by atoms with Crippen molar-refractivity contribution in [3.05, 3.63) is 54.6 Å². The molecule has 1 unspecified atom stereocenters. The van der Waals surface area contributed by atoms with Crippen LogP contribution in [0.5, 0.6) is 0 Å². The quantitative estimate of drug-likeness (QED) is 0.0494. The van der Waals surface area contributed by atoms with Crippen molar-refractivity contribution in [2.24, 2.45) is 4.99 Å². The maximum absolute atomic E-state index is 13.4. The first kappa shape index (κ1) is 24.8. The summed E-state index contributed by atoms with van der Waals surface area (Å²) >= 11 is 4.23. The minimum Gasteiger partial charge on any atom is -0.394 e. The second-order valence-electron chi connectivity index (χ2n) is 6.49. The zero-order valence-corrected chi connectivity index (χ0v) is 19.1. The van der Waals surface area contributed by atoms with E-state index < -0.39 is 29.4 Å². The van der Waals surface area contributed by atoms with E-state index >= 15 is 0 Å². The molecular formula is C18H18BrFN6O6S. The van der Waals surface area contributed by atoms with Crippen LogP contribution in [0, 0.1) is 5.82 Å². The Morgan fingerprint density at radius 2 is 1.97 bits per heavy atom. The Labute approximate surface area is 197 Å². The van der Waals surface area contributed by atoms with Crippen LogP contribution in [0.3, 0.4) is 0 Å². The molecule has 0 spiro atoms. The molecule has 176 valence electrons. The van der Waals surface area contributed by atoms with Gasteiger partial charge in [-0.15, -0.1) is 0 Å². The predicted octanol–water partition coefficient (Wildman–Crippen LogP) is 0.594. The summed E-state index contributed by atoms with van der Waals surface area (Å²) in [5, 5.41) is 40.9. The van der Waals surface area contributed by atoms with Crippen molar-refractivity contribution in [2.75, 3.05) is 36.1 Å². The average molecular weight is 545 g/mol. The van der Waals surface area contributed by atoms with Gasteiger partial charge in [-0.1, -0.05) is 11.8 Å². The molecule has 0 saturated carbocycles. The first-order chi connectivity index (χ1) is 15.8. The van der Waals surface area contributed by atoms with Crippen molar-refractivity contribution >= 4 is 50.6 Å². The lowest BCUT2D eigenvalue weighted by Crippen LogP contribution is -2.39. The van der Waals surface area contributed by atoms with Crippen molar-refractivity contribution < 1.29 is 24.4 Å². The van der Waals surface area contributed by atoms with Gasteiger partial charge in [0, 0.05) is 18.8 Å². The second kappa shape index (κ2) is 11.3. The van der Waals surface area contributed by atoms with Gasteiger partial charge in [-0.25, -0.2) is 14.0 Å². The minimum atomic E-state index is -1.07. The van der Waals surface area contributed by atoms with Crippen molar-refractivity contribution in [3.63, 3.8) is 0 Å². The zero-order valence-electron chi connectivity index (χ0n) is 16.7. The molecule has 15 heteroatoms. The third-order valence-electron chi connectivity index (χ3n) is 4.21. The Bertz CT molecular complexity index is 1210. The maximum atomic E-state index is 13.4. The van der Waals surface area contributed by atoms with Gasteiger partial charge in [0.05, 0.1) is 22.9 Å². The number of aliphatic hydroxyl groups excluding tert-OH is 2. The van der Waals surface area contributed by atoms with Gasteiger partial charge in [0.2, 0.25) is 0 Å². The molecule has 3 aromatic rings. The van der Waals surface area contributed by atoms with E-state index in [0.29, 0.717) is 11.4 Å². The summed E-state index contributed by atoms with van der Waals surface area (Å²) in [6.07, 6.45) is -1.07. The molecule has 33 heavy (non-hydrogen) atoms. The molecular weight excluding hydrogens is 527 g/mol. The Balaban J connectivity index is 1.61. The normalized spacial score (nSPS) is 12.7. The lowest BCUT2D eigenvalue weighted by molar-refractivity contribution is 0.105. The van der Waals surface area contributed by atoms with E-state index in [1.54, 1.807) is 0 Å². The molecule has 0 bridgehead atoms. The number of aliphatic imine (C=N–C) groups is 1. The number of amidine groups is 1. The fourth-order valence-corrected chi connectivity index (χ4v) is 3.69. The van der Waals surface area contributed by atoms with Crippen molar-refractivity contribution in [1.82, 2.24) is 15.8 Å². The third-order valence-corrected chi connectivity index (χ3v) is 5.77. The number of aromatic nitrogens is 2. The number of nitrogens with zero attached hydrogens (tertiary/aromatic N) is 3.